The summed E-state index contributed by atoms with van der Waals surface area (Å²) in [7, 11) is 0. The molecule has 0 bridgehead atoms. The third-order valence-electron chi connectivity index (χ3n) is 3.78. The lowest BCUT2D eigenvalue weighted by molar-refractivity contribution is 0.400. The van der Waals surface area contributed by atoms with Crippen molar-refractivity contribution in [3.63, 3.8) is 0 Å². The van der Waals surface area contributed by atoms with Crippen LogP contribution in [0.2, 0.25) is 0 Å². The van der Waals surface area contributed by atoms with Gasteiger partial charge in [0.2, 0.25) is 0 Å². The van der Waals surface area contributed by atoms with Crippen molar-refractivity contribution in [3.8, 4) is 22.5 Å². The fourth-order valence-corrected chi connectivity index (χ4v) is 2.67. The van der Waals surface area contributed by atoms with Gasteiger partial charge >= 0.3 is 0 Å². The molecule has 0 fully saturated rings. The lowest BCUT2D eigenvalue weighted by atomic mass is 10.0. The molecule has 0 N–H and O–H groups in total. The molecule has 0 spiro atoms. The van der Waals surface area contributed by atoms with Crippen LogP contribution in [-0.2, 0) is 0 Å². The standard InChI is InChI=1S/C18H15N3O/c1-12-8-9-21-11-15(19-16(21)10-12)17-13(2)22-20-18(17)14-6-4-3-5-7-14/h3-11H,1-2H3. The van der Waals surface area contributed by atoms with Gasteiger partial charge in [-0.25, -0.2) is 4.98 Å². The number of rotatable bonds is 2. The van der Waals surface area contributed by atoms with Gasteiger partial charge in [0.1, 0.15) is 17.1 Å². The van der Waals surface area contributed by atoms with Crippen molar-refractivity contribution in [1.82, 2.24) is 14.5 Å². The summed E-state index contributed by atoms with van der Waals surface area (Å²) in [5, 5.41) is 4.23. The Morgan fingerprint density at radius 3 is 2.68 bits per heavy atom. The molecule has 3 aromatic heterocycles. The summed E-state index contributed by atoms with van der Waals surface area (Å²) in [5.74, 6) is 0.777. The molecule has 0 amide bonds. The second kappa shape index (κ2) is 4.84. The van der Waals surface area contributed by atoms with Crippen LogP contribution in [0.25, 0.3) is 28.2 Å². The molecule has 0 aliphatic carbocycles. The van der Waals surface area contributed by atoms with Crippen LogP contribution in [-0.4, -0.2) is 14.5 Å². The van der Waals surface area contributed by atoms with E-state index in [1.165, 1.54) is 5.56 Å². The molecule has 0 aliphatic heterocycles. The van der Waals surface area contributed by atoms with E-state index in [0.29, 0.717) is 0 Å². The molecule has 0 atom stereocenters. The van der Waals surface area contributed by atoms with Crippen LogP contribution in [0.15, 0.2) is 59.4 Å². The Morgan fingerprint density at radius 2 is 1.86 bits per heavy atom. The Bertz CT molecular complexity index is 951. The van der Waals surface area contributed by atoms with Gasteiger partial charge in [0, 0.05) is 18.0 Å². The van der Waals surface area contributed by atoms with E-state index in [2.05, 4.69) is 24.2 Å². The van der Waals surface area contributed by atoms with Crippen molar-refractivity contribution in [3.05, 3.63) is 66.2 Å². The van der Waals surface area contributed by atoms with Gasteiger partial charge < -0.3 is 8.92 Å². The SMILES string of the molecule is Cc1ccn2cc(-c3c(-c4ccccc4)noc3C)nc2c1. The van der Waals surface area contributed by atoms with E-state index < -0.39 is 0 Å². The number of pyridine rings is 1. The fraction of sp³-hybridized carbons (Fsp3) is 0.111. The first-order chi connectivity index (χ1) is 10.7. The normalized spacial score (nSPS) is 11.2. The highest BCUT2D eigenvalue weighted by Crippen LogP contribution is 2.33. The first kappa shape index (κ1) is 12.8. The van der Waals surface area contributed by atoms with Crippen LogP contribution in [0.1, 0.15) is 11.3 Å². The highest BCUT2D eigenvalue weighted by Gasteiger charge is 2.19. The summed E-state index contributed by atoms with van der Waals surface area (Å²) in [6.45, 7) is 3.98. The topological polar surface area (TPSA) is 43.3 Å². The highest BCUT2D eigenvalue weighted by molar-refractivity contribution is 5.80. The van der Waals surface area contributed by atoms with E-state index in [1.807, 2.05) is 54.0 Å². The number of aromatic nitrogens is 3. The fourth-order valence-electron chi connectivity index (χ4n) is 2.67. The summed E-state index contributed by atoms with van der Waals surface area (Å²) in [6, 6.07) is 14.2. The van der Waals surface area contributed by atoms with Crippen LogP contribution in [0.5, 0.6) is 0 Å². The van der Waals surface area contributed by atoms with Crippen molar-refractivity contribution in [2.24, 2.45) is 0 Å². The molecular formula is C18H15N3O. The Labute approximate surface area is 128 Å². The van der Waals surface area contributed by atoms with E-state index in [9.17, 15) is 0 Å². The average Bonchev–Trinajstić information content (AvgIpc) is 3.10. The molecule has 1 aromatic carbocycles. The van der Waals surface area contributed by atoms with Crippen molar-refractivity contribution in [2.45, 2.75) is 13.8 Å². The van der Waals surface area contributed by atoms with E-state index >= 15 is 0 Å². The lowest BCUT2D eigenvalue weighted by Crippen LogP contribution is -1.83. The zero-order valence-electron chi connectivity index (χ0n) is 12.4. The average molecular weight is 289 g/mol. The van der Waals surface area contributed by atoms with Gasteiger partial charge in [-0.05, 0) is 31.5 Å². The van der Waals surface area contributed by atoms with Gasteiger partial charge in [0.05, 0.1) is 11.3 Å². The molecule has 0 aliphatic rings. The third-order valence-corrected chi connectivity index (χ3v) is 3.78. The number of aryl methyl sites for hydroxylation is 2. The molecule has 0 saturated heterocycles. The molecule has 0 unspecified atom stereocenters. The Balaban J connectivity index is 1.93. The maximum absolute atomic E-state index is 5.42. The van der Waals surface area contributed by atoms with Crippen LogP contribution in [0, 0.1) is 13.8 Å². The molecule has 3 heterocycles. The first-order valence-electron chi connectivity index (χ1n) is 7.20. The zero-order chi connectivity index (χ0) is 15.1. The van der Waals surface area contributed by atoms with Crippen LogP contribution in [0.3, 0.4) is 0 Å². The Hall–Kier alpha value is -2.88. The molecule has 4 rings (SSSR count). The number of hydrogen-bond acceptors (Lipinski definition) is 3. The van der Waals surface area contributed by atoms with Crippen molar-refractivity contribution in [1.29, 1.82) is 0 Å². The number of benzene rings is 1. The van der Waals surface area contributed by atoms with E-state index in [0.717, 1.165) is 33.9 Å². The molecule has 108 valence electrons. The summed E-state index contributed by atoms with van der Waals surface area (Å²) in [5.41, 5.74) is 5.81. The maximum Gasteiger partial charge on any atom is 0.143 e. The number of fused-ring (bicyclic) bond motifs is 1. The molecule has 4 aromatic rings. The summed E-state index contributed by atoms with van der Waals surface area (Å²) in [6.07, 6.45) is 4.03. The minimum absolute atomic E-state index is 0.777. The van der Waals surface area contributed by atoms with Crippen molar-refractivity contribution in [2.75, 3.05) is 0 Å². The monoisotopic (exact) mass is 289 g/mol. The minimum Gasteiger partial charge on any atom is -0.360 e. The van der Waals surface area contributed by atoms with Gasteiger partial charge in [-0.3, -0.25) is 0 Å². The molecule has 4 heteroatoms. The van der Waals surface area contributed by atoms with Crippen molar-refractivity contribution < 1.29 is 4.52 Å². The molecule has 0 saturated carbocycles. The minimum atomic E-state index is 0.777. The van der Waals surface area contributed by atoms with Crippen LogP contribution < -0.4 is 0 Å². The van der Waals surface area contributed by atoms with Gasteiger partial charge in [0.15, 0.2) is 0 Å². The second-order valence-electron chi connectivity index (χ2n) is 5.42. The van der Waals surface area contributed by atoms with Crippen LogP contribution in [0.4, 0.5) is 0 Å². The van der Waals surface area contributed by atoms with Gasteiger partial charge in [0.25, 0.3) is 0 Å². The van der Waals surface area contributed by atoms with E-state index in [1.54, 1.807) is 0 Å². The van der Waals surface area contributed by atoms with Crippen molar-refractivity contribution >= 4 is 5.65 Å². The predicted octanol–water partition coefficient (Wildman–Crippen LogP) is 4.27. The quantitative estimate of drug-likeness (QED) is 0.553. The lowest BCUT2D eigenvalue weighted by Gasteiger charge is -1.98. The van der Waals surface area contributed by atoms with Gasteiger partial charge in [-0.15, -0.1) is 0 Å². The Kier molecular flexibility index (Phi) is 2.82. The predicted molar refractivity (Wildman–Crippen MR) is 85.6 cm³/mol. The summed E-state index contributed by atoms with van der Waals surface area (Å²) < 4.78 is 7.44. The number of imidazole rings is 1. The summed E-state index contributed by atoms with van der Waals surface area (Å²) in [4.78, 5) is 4.73. The molecule has 22 heavy (non-hydrogen) atoms. The highest BCUT2D eigenvalue weighted by atomic mass is 16.5. The largest absolute Gasteiger partial charge is 0.360 e. The maximum atomic E-state index is 5.42. The third kappa shape index (κ3) is 2.00. The van der Waals surface area contributed by atoms with E-state index in [4.69, 9.17) is 9.51 Å². The number of nitrogens with zero attached hydrogens (tertiary/aromatic N) is 3. The van der Waals surface area contributed by atoms with Crippen LogP contribution >= 0.6 is 0 Å². The zero-order valence-corrected chi connectivity index (χ0v) is 12.4. The Morgan fingerprint density at radius 1 is 1.05 bits per heavy atom. The molecule has 0 radical (unpaired) electrons. The summed E-state index contributed by atoms with van der Waals surface area (Å²) >= 11 is 0. The molecular weight excluding hydrogens is 274 g/mol. The van der Waals surface area contributed by atoms with Gasteiger partial charge in [-0.1, -0.05) is 35.5 Å². The second-order valence-corrected chi connectivity index (χ2v) is 5.42. The smallest absolute Gasteiger partial charge is 0.143 e. The van der Waals surface area contributed by atoms with E-state index in [-0.39, 0.29) is 0 Å². The van der Waals surface area contributed by atoms with Gasteiger partial charge in [-0.2, -0.15) is 0 Å². The number of hydrogen-bond donors (Lipinski definition) is 0. The first-order valence-corrected chi connectivity index (χ1v) is 7.20. The molecule has 4 nitrogen and oxygen atoms in total.